The molecule has 0 spiro atoms. The average Bonchev–Trinajstić information content (AvgIpc) is 2.83. The number of benzene rings is 2. The first kappa shape index (κ1) is 22.1. The molecule has 1 N–H and O–H groups in total. The lowest BCUT2D eigenvalue weighted by molar-refractivity contribution is -0.118. The Bertz CT molecular complexity index is 1020. The Labute approximate surface area is 191 Å². The largest absolute Gasteiger partial charge is 0.368 e. The maximum absolute atomic E-state index is 13.1. The van der Waals surface area contributed by atoms with Crippen molar-refractivity contribution in [1.82, 2.24) is 15.5 Å². The highest BCUT2D eigenvalue weighted by Gasteiger charge is 2.19. The summed E-state index contributed by atoms with van der Waals surface area (Å²) >= 11 is 1.38. The Hall–Kier alpha value is -3.13. The second-order valence-electron chi connectivity index (χ2n) is 7.73. The molecule has 0 atom stereocenters. The van der Waals surface area contributed by atoms with Crippen molar-refractivity contribution in [2.75, 3.05) is 41.7 Å². The molecule has 0 aliphatic carbocycles. The van der Waals surface area contributed by atoms with Crippen LogP contribution in [0.2, 0.25) is 0 Å². The predicted octanol–water partition coefficient (Wildman–Crippen LogP) is 3.66. The quantitative estimate of drug-likeness (QED) is 0.554. The maximum atomic E-state index is 13.1. The van der Waals surface area contributed by atoms with Gasteiger partial charge >= 0.3 is 0 Å². The van der Waals surface area contributed by atoms with Crippen LogP contribution in [-0.2, 0) is 11.3 Å². The number of aromatic nitrogens is 2. The molecule has 0 saturated carbocycles. The molecule has 0 unspecified atom stereocenters. The number of rotatable bonds is 7. The molecule has 1 aromatic heterocycles. The van der Waals surface area contributed by atoms with Crippen molar-refractivity contribution < 1.29 is 9.18 Å². The topological polar surface area (TPSA) is 61.4 Å². The Morgan fingerprint density at radius 3 is 2.28 bits per heavy atom. The van der Waals surface area contributed by atoms with E-state index < -0.39 is 0 Å². The van der Waals surface area contributed by atoms with Gasteiger partial charge in [0.15, 0.2) is 5.82 Å². The van der Waals surface area contributed by atoms with Gasteiger partial charge in [0.1, 0.15) is 10.8 Å². The zero-order chi connectivity index (χ0) is 22.3. The van der Waals surface area contributed by atoms with Gasteiger partial charge < -0.3 is 15.1 Å². The van der Waals surface area contributed by atoms with E-state index >= 15 is 0 Å². The van der Waals surface area contributed by atoms with Gasteiger partial charge in [-0.25, -0.2) is 4.39 Å². The molecular weight excluding hydrogens is 425 g/mol. The minimum atomic E-state index is -0.218. The van der Waals surface area contributed by atoms with Gasteiger partial charge in [-0.3, -0.25) is 4.79 Å². The third-order valence-corrected chi connectivity index (χ3v) is 6.30. The highest BCUT2D eigenvalue weighted by atomic mass is 32.2. The van der Waals surface area contributed by atoms with Crippen LogP contribution in [0.1, 0.15) is 11.1 Å². The first-order valence-electron chi connectivity index (χ1n) is 10.6. The van der Waals surface area contributed by atoms with Gasteiger partial charge in [0, 0.05) is 38.4 Å². The van der Waals surface area contributed by atoms with Gasteiger partial charge in [-0.1, -0.05) is 41.6 Å². The van der Waals surface area contributed by atoms with Crippen LogP contribution in [0.3, 0.4) is 0 Å². The lowest BCUT2D eigenvalue weighted by Gasteiger charge is -2.36. The van der Waals surface area contributed by atoms with Crippen molar-refractivity contribution in [3.05, 3.63) is 77.6 Å². The smallest absolute Gasteiger partial charge is 0.230 e. The number of aryl methyl sites for hydroxylation is 1. The lowest BCUT2D eigenvalue weighted by atomic mass is 10.1. The second kappa shape index (κ2) is 10.5. The molecule has 2 heterocycles. The van der Waals surface area contributed by atoms with Crippen LogP contribution in [0.4, 0.5) is 15.9 Å². The fourth-order valence-electron chi connectivity index (χ4n) is 3.50. The van der Waals surface area contributed by atoms with Crippen molar-refractivity contribution >= 4 is 29.2 Å². The minimum absolute atomic E-state index is 0.0293. The van der Waals surface area contributed by atoms with E-state index in [1.165, 1.54) is 29.5 Å². The average molecular weight is 452 g/mol. The number of carbonyl (C=O) groups excluding carboxylic acids is 1. The number of amides is 1. The SMILES string of the molecule is Cc1ccc(CNC(=O)CSc2ccc(N3CCN(c4ccc(F)cc4)CC3)nn2)cc1. The van der Waals surface area contributed by atoms with Crippen molar-refractivity contribution in [1.29, 1.82) is 0 Å². The molecule has 1 amide bonds. The van der Waals surface area contributed by atoms with Crippen molar-refractivity contribution in [2.45, 2.75) is 18.5 Å². The van der Waals surface area contributed by atoms with Gasteiger partial charge in [-0.15, -0.1) is 10.2 Å². The Morgan fingerprint density at radius 1 is 0.938 bits per heavy atom. The van der Waals surface area contributed by atoms with Crippen molar-refractivity contribution in [3.8, 4) is 0 Å². The summed E-state index contributed by atoms with van der Waals surface area (Å²) in [5.74, 6) is 0.885. The van der Waals surface area contributed by atoms with Gasteiger partial charge in [0.2, 0.25) is 5.91 Å². The molecule has 1 fully saturated rings. The van der Waals surface area contributed by atoms with Gasteiger partial charge in [-0.2, -0.15) is 0 Å². The molecule has 1 aliphatic rings. The highest BCUT2D eigenvalue weighted by molar-refractivity contribution is 7.99. The van der Waals surface area contributed by atoms with E-state index in [2.05, 4.69) is 25.3 Å². The summed E-state index contributed by atoms with van der Waals surface area (Å²) in [6, 6.07) is 18.6. The molecule has 6 nitrogen and oxygen atoms in total. The predicted molar refractivity (Wildman–Crippen MR) is 127 cm³/mol. The number of halogens is 1. The van der Waals surface area contributed by atoms with E-state index in [0.29, 0.717) is 12.3 Å². The molecule has 32 heavy (non-hydrogen) atoms. The van der Waals surface area contributed by atoms with E-state index in [-0.39, 0.29) is 11.7 Å². The summed E-state index contributed by atoms with van der Waals surface area (Å²) in [4.78, 5) is 16.6. The Balaban J connectivity index is 1.21. The zero-order valence-corrected chi connectivity index (χ0v) is 18.8. The molecule has 0 bridgehead atoms. The molecule has 1 aliphatic heterocycles. The van der Waals surface area contributed by atoms with Crippen molar-refractivity contribution in [3.63, 3.8) is 0 Å². The summed E-state index contributed by atoms with van der Waals surface area (Å²) in [6.07, 6.45) is 0. The number of thioether (sulfide) groups is 1. The van der Waals surface area contributed by atoms with Gasteiger partial charge in [-0.05, 0) is 48.9 Å². The zero-order valence-electron chi connectivity index (χ0n) is 18.0. The third-order valence-electron chi connectivity index (χ3n) is 5.38. The third kappa shape index (κ3) is 5.97. The second-order valence-corrected chi connectivity index (χ2v) is 8.73. The molecule has 1 saturated heterocycles. The monoisotopic (exact) mass is 451 g/mol. The number of piperazine rings is 1. The summed E-state index contributed by atoms with van der Waals surface area (Å²) in [7, 11) is 0. The van der Waals surface area contributed by atoms with Gasteiger partial charge in [0.25, 0.3) is 0 Å². The summed E-state index contributed by atoms with van der Waals surface area (Å²) in [5.41, 5.74) is 3.31. The van der Waals surface area contributed by atoms with Gasteiger partial charge in [0.05, 0.1) is 5.75 Å². The highest BCUT2D eigenvalue weighted by Crippen LogP contribution is 2.21. The number of nitrogens with one attached hydrogen (secondary N) is 1. The first-order chi connectivity index (χ1) is 15.6. The normalized spacial score (nSPS) is 13.8. The van der Waals surface area contributed by atoms with Crippen LogP contribution in [0.15, 0.2) is 65.7 Å². The minimum Gasteiger partial charge on any atom is -0.368 e. The van der Waals surface area contributed by atoms with Crippen LogP contribution < -0.4 is 15.1 Å². The maximum Gasteiger partial charge on any atom is 0.230 e. The van der Waals surface area contributed by atoms with Crippen LogP contribution in [0.25, 0.3) is 0 Å². The number of carbonyl (C=O) groups is 1. The molecular formula is C24H26FN5OS. The Morgan fingerprint density at radius 2 is 1.62 bits per heavy atom. The first-order valence-corrected chi connectivity index (χ1v) is 11.6. The van der Waals surface area contributed by atoms with E-state index in [4.69, 9.17) is 0 Å². The van der Waals surface area contributed by atoms with Crippen LogP contribution in [-0.4, -0.2) is 48.0 Å². The fraction of sp³-hybridized carbons (Fsp3) is 0.292. The van der Waals surface area contributed by atoms with E-state index in [1.54, 1.807) is 0 Å². The molecule has 166 valence electrons. The summed E-state index contributed by atoms with van der Waals surface area (Å²) < 4.78 is 13.1. The number of hydrogen-bond donors (Lipinski definition) is 1. The van der Waals surface area contributed by atoms with Crippen LogP contribution in [0, 0.1) is 12.7 Å². The van der Waals surface area contributed by atoms with Crippen LogP contribution in [0.5, 0.6) is 0 Å². The van der Waals surface area contributed by atoms with E-state index in [1.807, 2.05) is 55.5 Å². The molecule has 2 aromatic carbocycles. The number of hydrogen-bond acceptors (Lipinski definition) is 6. The number of anilines is 2. The summed E-state index contributed by atoms with van der Waals surface area (Å²) in [6.45, 7) is 5.88. The molecule has 8 heteroatoms. The van der Waals surface area contributed by atoms with Crippen LogP contribution >= 0.6 is 11.8 Å². The molecule has 3 aromatic rings. The van der Waals surface area contributed by atoms with Crippen molar-refractivity contribution in [2.24, 2.45) is 0 Å². The molecule has 0 radical (unpaired) electrons. The number of nitrogens with zero attached hydrogens (tertiary/aromatic N) is 4. The Kier molecular flexibility index (Phi) is 7.21. The summed E-state index contributed by atoms with van der Waals surface area (Å²) in [5, 5.41) is 12.3. The lowest BCUT2D eigenvalue weighted by Crippen LogP contribution is -2.46. The van der Waals surface area contributed by atoms with E-state index in [9.17, 15) is 9.18 Å². The standard InChI is InChI=1S/C24H26FN5OS/c1-18-2-4-19(5-3-18)16-26-23(31)17-32-24-11-10-22(27-28-24)30-14-12-29(13-15-30)21-8-6-20(25)7-9-21/h2-11H,12-17H2,1H3,(H,26,31). The fourth-order valence-corrected chi connectivity index (χ4v) is 4.15. The van der Waals surface area contributed by atoms with E-state index in [0.717, 1.165) is 48.3 Å². The molecule has 4 rings (SSSR count).